The smallest absolute Gasteiger partial charge is 0.258 e. The van der Waals surface area contributed by atoms with Gasteiger partial charge in [-0.25, -0.2) is 0 Å². The van der Waals surface area contributed by atoms with Crippen molar-refractivity contribution in [2.75, 3.05) is 0 Å². The second-order valence-corrected chi connectivity index (χ2v) is 7.11. The Morgan fingerprint density at radius 3 is 2.71 bits per heavy atom. The molecule has 4 heteroatoms. The van der Waals surface area contributed by atoms with Gasteiger partial charge in [0.05, 0.1) is 30.2 Å². The van der Waals surface area contributed by atoms with Gasteiger partial charge in [-0.2, -0.15) is 0 Å². The molecule has 1 aliphatic heterocycles. The SMILES string of the molecule is C=COCc1c(C(C)O)cc2n(c1=O)C/C(=C(\CC)c1ccccc1C)C2=C. The van der Waals surface area contributed by atoms with Crippen molar-refractivity contribution in [2.45, 2.75) is 46.4 Å². The number of allylic oxidation sites excluding steroid dienone is 3. The van der Waals surface area contributed by atoms with Gasteiger partial charge in [0.2, 0.25) is 0 Å². The lowest BCUT2D eigenvalue weighted by Crippen LogP contribution is -2.26. The first-order chi connectivity index (χ1) is 13.4. The molecule has 2 aromatic rings. The Morgan fingerprint density at radius 1 is 1.39 bits per heavy atom. The van der Waals surface area contributed by atoms with E-state index >= 15 is 0 Å². The van der Waals surface area contributed by atoms with Crippen LogP contribution in [0.25, 0.3) is 11.1 Å². The van der Waals surface area contributed by atoms with Gasteiger partial charge in [0.15, 0.2) is 0 Å². The monoisotopic (exact) mass is 377 g/mol. The van der Waals surface area contributed by atoms with Gasteiger partial charge in [-0.15, -0.1) is 0 Å². The predicted molar refractivity (Wildman–Crippen MR) is 114 cm³/mol. The molecule has 2 heterocycles. The maximum Gasteiger partial charge on any atom is 0.258 e. The number of hydrogen-bond acceptors (Lipinski definition) is 3. The molecule has 0 aliphatic carbocycles. The highest BCUT2D eigenvalue weighted by molar-refractivity contribution is 5.90. The number of nitrogens with zero attached hydrogens (tertiary/aromatic N) is 1. The molecule has 3 rings (SSSR count). The zero-order chi connectivity index (χ0) is 20.4. The van der Waals surface area contributed by atoms with Crippen molar-refractivity contribution in [3.63, 3.8) is 0 Å². The van der Waals surface area contributed by atoms with Crippen LogP contribution in [0, 0.1) is 6.92 Å². The van der Waals surface area contributed by atoms with E-state index in [2.05, 4.69) is 39.1 Å². The fourth-order valence-corrected chi connectivity index (χ4v) is 3.94. The zero-order valence-electron chi connectivity index (χ0n) is 16.8. The first-order valence-corrected chi connectivity index (χ1v) is 9.55. The van der Waals surface area contributed by atoms with E-state index < -0.39 is 6.10 Å². The molecular formula is C24H27NO3. The molecule has 1 N–H and O–H groups in total. The summed E-state index contributed by atoms with van der Waals surface area (Å²) in [6.45, 7) is 14.3. The number of aliphatic hydroxyl groups is 1. The van der Waals surface area contributed by atoms with Crippen LogP contribution in [0.15, 0.2) is 60.1 Å². The van der Waals surface area contributed by atoms with Crippen LogP contribution < -0.4 is 5.56 Å². The van der Waals surface area contributed by atoms with Crippen LogP contribution in [0.5, 0.6) is 0 Å². The second-order valence-electron chi connectivity index (χ2n) is 7.11. The third-order valence-corrected chi connectivity index (χ3v) is 5.41. The molecule has 4 nitrogen and oxygen atoms in total. The summed E-state index contributed by atoms with van der Waals surface area (Å²) in [5.41, 5.74) is 7.16. The van der Waals surface area contributed by atoms with E-state index in [0.717, 1.165) is 23.3 Å². The highest BCUT2D eigenvalue weighted by Gasteiger charge is 2.28. The van der Waals surface area contributed by atoms with E-state index in [9.17, 15) is 9.90 Å². The van der Waals surface area contributed by atoms with E-state index in [4.69, 9.17) is 4.74 Å². The van der Waals surface area contributed by atoms with E-state index in [1.54, 1.807) is 11.5 Å². The number of fused-ring (bicyclic) bond motifs is 1. The summed E-state index contributed by atoms with van der Waals surface area (Å²) in [4.78, 5) is 13.2. The van der Waals surface area contributed by atoms with Crippen molar-refractivity contribution < 1.29 is 9.84 Å². The number of rotatable bonds is 6. The normalized spacial score (nSPS) is 15.9. The molecule has 1 aromatic carbocycles. The summed E-state index contributed by atoms with van der Waals surface area (Å²) in [5, 5.41) is 10.2. The highest BCUT2D eigenvalue weighted by atomic mass is 16.5. The van der Waals surface area contributed by atoms with E-state index in [-0.39, 0.29) is 12.2 Å². The summed E-state index contributed by atoms with van der Waals surface area (Å²) < 4.78 is 7.00. The third-order valence-electron chi connectivity index (χ3n) is 5.41. The van der Waals surface area contributed by atoms with Gasteiger partial charge >= 0.3 is 0 Å². The summed E-state index contributed by atoms with van der Waals surface area (Å²) >= 11 is 0. The number of hydrogen-bond donors (Lipinski definition) is 1. The largest absolute Gasteiger partial charge is 0.497 e. The Balaban J connectivity index is 2.20. The highest BCUT2D eigenvalue weighted by Crippen LogP contribution is 2.38. The number of pyridine rings is 1. The van der Waals surface area contributed by atoms with Gasteiger partial charge in [-0.05, 0) is 59.7 Å². The van der Waals surface area contributed by atoms with Crippen molar-refractivity contribution in [2.24, 2.45) is 0 Å². The Kier molecular flexibility index (Phi) is 5.71. The van der Waals surface area contributed by atoms with Crippen LogP contribution in [0.4, 0.5) is 0 Å². The summed E-state index contributed by atoms with van der Waals surface area (Å²) in [7, 11) is 0. The first-order valence-electron chi connectivity index (χ1n) is 9.55. The minimum absolute atomic E-state index is 0.0901. The number of benzene rings is 1. The van der Waals surface area contributed by atoms with Crippen molar-refractivity contribution in [3.8, 4) is 0 Å². The fraction of sp³-hybridized carbons (Fsp3) is 0.292. The van der Waals surface area contributed by atoms with E-state index in [1.165, 1.54) is 23.0 Å². The van der Waals surface area contributed by atoms with Crippen molar-refractivity contribution in [1.29, 1.82) is 0 Å². The molecule has 1 aliphatic rings. The average Bonchev–Trinajstić information content (AvgIpc) is 3.00. The lowest BCUT2D eigenvalue weighted by atomic mass is 9.91. The molecule has 28 heavy (non-hydrogen) atoms. The molecule has 0 radical (unpaired) electrons. The van der Waals surface area contributed by atoms with Crippen LogP contribution in [0.2, 0.25) is 0 Å². The van der Waals surface area contributed by atoms with Crippen LogP contribution >= 0.6 is 0 Å². The van der Waals surface area contributed by atoms with Gasteiger partial charge in [0.1, 0.15) is 6.61 Å². The van der Waals surface area contributed by atoms with Crippen LogP contribution in [-0.2, 0) is 17.9 Å². The quantitative estimate of drug-likeness (QED) is 0.739. The Morgan fingerprint density at radius 2 is 2.11 bits per heavy atom. The molecule has 1 unspecified atom stereocenters. The lowest BCUT2D eigenvalue weighted by Gasteiger charge is -2.14. The predicted octanol–water partition coefficient (Wildman–Crippen LogP) is 4.76. The second kappa shape index (κ2) is 8.03. The van der Waals surface area contributed by atoms with Crippen LogP contribution in [-0.4, -0.2) is 9.67 Å². The minimum Gasteiger partial charge on any atom is -0.497 e. The van der Waals surface area contributed by atoms with Crippen LogP contribution in [0.1, 0.15) is 54.3 Å². The van der Waals surface area contributed by atoms with Crippen molar-refractivity contribution in [3.05, 3.63) is 93.6 Å². The van der Waals surface area contributed by atoms with Crippen molar-refractivity contribution in [1.82, 2.24) is 4.57 Å². The van der Waals surface area contributed by atoms with Gasteiger partial charge in [0, 0.05) is 0 Å². The number of aromatic nitrogens is 1. The lowest BCUT2D eigenvalue weighted by molar-refractivity contribution is 0.188. The third kappa shape index (κ3) is 3.36. The summed E-state index contributed by atoms with van der Waals surface area (Å²) in [6, 6.07) is 10.1. The maximum absolute atomic E-state index is 13.2. The first kappa shape index (κ1) is 19.9. The maximum atomic E-state index is 13.2. The molecule has 0 amide bonds. The number of aryl methyl sites for hydroxylation is 1. The van der Waals surface area contributed by atoms with Gasteiger partial charge in [-0.3, -0.25) is 4.79 Å². The van der Waals surface area contributed by atoms with Gasteiger partial charge in [0.25, 0.3) is 5.56 Å². The molecule has 0 spiro atoms. The van der Waals surface area contributed by atoms with Gasteiger partial charge in [-0.1, -0.05) is 44.3 Å². The molecule has 1 atom stereocenters. The Labute approximate surface area is 166 Å². The van der Waals surface area contributed by atoms with Gasteiger partial charge < -0.3 is 14.4 Å². The molecule has 1 aromatic heterocycles. The molecular weight excluding hydrogens is 350 g/mol. The topological polar surface area (TPSA) is 51.5 Å². The Hall–Kier alpha value is -2.85. The Bertz CT molecular complexity index is 1020. The zero-order valence-corrected chi connectivity index (χ0v) is 16.8. The molecule has 0 saturated heterocycles. The molecule has 0 saturated carbocycles. The average molecular weight is 377 g/mol. The summed E-state index contributed by atoms with van der Waals surface area (Å²) in [5.74, 6) is 0. The molecule has 0 bridgehead atoms. The molecule has 146 valence electrons. The fourth-order valence-electron chi connectivity index (χ4n) is 3.94. The van der Waals surface area contributed by atoms with Crippen LogP contribution in [0.3, 0.4) is 0 Å². The minimum atomic E-state index is -0.773. The van der Waals surface area contributed by atoms with E-state index in [0.29, 0.717) is 17.7 Å². The van der Waals surface area contributed by atoms with Crippen molar-refractivity contribution >= 4 is 11.1 Å². The number of aliphatic hydroxyl groups excluding tert-OH is 1. The number of ether oxygens (including phenoxy) is 1. The molecule has 0 fully saturated rings. The summed E-state index contributed by atoms with van der Waals surface area (Å²) in [6.07, 6.45) is 1.38. The standard InChI is InChI=1S/C24H27NO3/c1-6-18(19-11-9-8-10-15(19)3)21-13-25-23(16(21)4)12-20(17(5)26)22(24(25)27)14-28-7-2/h7-12,17,26H,2,4,6,13-14H2,1,3,5H3/b21-18-. The van der Waals surface area contributed by atoms with E-state index in [1.807, 2.05) is 18.2 Å².